The van der Waals surface area contributed by atoms with Crippen LogP contribution in [-0.4, -0.2) is 29.8 Å². The zero-order chi connectivity index (χ0) is 13.0. The normalized spacial score (nSPS) is 11.2. The Balaban J connectivity index is 2.90. The lowest BCUT2D eigenvalue weighted by Gasteiger charge is -2.23. The molecule has 17 heavy (non-hydrogen) atoms. The number of ketones is 1. The van der Waals surface area contributed by atoms with E-state index in [4.69, 9.17) is 0 Å². The molecule has 0 radical (unpaired) electrons. The van der Waals surface area contributed by atoms with Crippen LogP contribution in [0.5, 0.6) is 0 Å². The summed E-state index contributed by atoms with van der Waals surface area (Å²) >= 11 is 0. The van der Waals surface area contributed by atoms with Gasteiger partial charge >= 0.3 is 0 Å². The maximum Gasteiger partial charge on any atom is 0.182 e. The fourth-order valence-electron chi connectivity index (χ4n) is 1.69. The smallest absolute Gasteiger partial charge is 0.182 e. The Morgan fingerprint density at radius 2 is 1.82 bits per heavy atom. The van der Waals surface area contributed by atoms with Gasteiger partial charge in [-0.05, 0) is 32.5 Å². The summed E-state index contributed by atoms with van der Waals surface area (Å²) in [5, 5.41) is 0. The second-order valence-electron chi connectivity index (χ2n) is 4.18. The van der Waals surface area contributed by atoms with Gasteiger partial charge in [0, 0.05) is 6.04 Å². The van der Waals surface area contributed by atoms with Crippen molar-refractivity contribution in [2.75, 3.05) is 13.1 Å². The zero-order valence-corrected chi connectivity index (χ0v) is 10.3. The van der Waals surface area contributed by atoms with Gasteiger partial charge in [-0.3, -0.25) is 9.69 Å². The van der Waals surface area contributed by atoms with Crippen LogP contribution in [0.1, 0.15) is 31.1 Å². The summed E-state index contributed by atoms with van der Waals surface area (Å²) in [6, 6.07) is 3.62. The van der Waals surface area contributed by atoms with Crippen LogP contribution in [0.3, 0.4) is 0 Å². The van der Waals surface area contributed by atoms with Gasteiger partial charge in [-0.25, -0.2) is 8.78 Å². The lowest BCUT2D eigenvalue weighted by atomic mass is 10.1. The number of halogens is 2. The Morgan fingerprint density at radius 3 is 2.24 bits per heavy atom. The van der Waals surface area contributed by atoms with Crippen molar-refractivity contribution in [3.8, 4) is 0 Å². The third-order valence-corrected chi connectivity index (χ3v) is 2.72. The predicted octanol–water partition coefficient (Wildman–Crippen LogP) is 2.88. The molecule has 0 saturated carbocycles. The molecule has 1 aromatic carbocycles. The quantitative estimate of drug-likeness (QED) is 0.739. The minimum Gasteiger partial charge on any atom is -0.294 e. The fraction of sp³-hybridized carbons (Fsp3) is 0.462. The van der Waals surface area contributed by atoms with Crippen LogP contribution in [-0.2, 0) is 0 Å². The van der Waals surface area contributed by atoms with Crippen molar-refractivity contribution in [3.63, 3.8) is 0 Å². The summed E-state index contributed by atoms with van der Waals surface area (Å²) in [6.07, 6.45) is 0. The van der Waals surface area contributed by atoms with Crippen molar-refractivity contribution < 1.29 is 13.6 Å². The molecule has 4 heteroatoms. The van der Waals surface area contributed by atoms with Gasteiger partial charge in [0.25, 0.3) is 0 Å². The van der Waals surface area contributed by atoms with E-state index in [-0.39, 0.29) is 12.6 Å². The van der Waals surface area contributed by atoms with E-state index in [1.165, 1.54) is 6.07 Å². The third kappa shape index (κ3) is 3.33. The molecule has 2 nitrogen and oxygen atoms in total. The van der Waals surface area contributed by atoms with Crippen LogP contribution in [0.25, 0.3) is 0 Å². The molecule has 1 rings (SSSR count). The van der Waals surface area contributed by atoms with Crippen molar-refractivity contribution in [1.82, 2.24) is 4.90 Å². The minimum absolute atomic E-state index is 0.0337. The lowest BCUT2D eigenvalue weighted by molar-refractivity contribution is 0.0903. The van der Waals surface area contributed by atoms with Gasteiger partial charge in [-0.2, -0.15) is 0 Å². The molecule has 0 aliphatic carbocycles. The molecule has 0 N–H and O–H groups in total. The largest absolute Gasteiger partial charge is 0.294 e. The first kappa shape index (κ1) is 13.8. The number of rotatable bonds is 5. The molecule has 1 aromatic rings. The number of Topliss-reactive ketones (excluding diaryl/α,β-unsaturated/α-hetero) is 1. The van der Waals surface area contributed by atoms with Gasteiger partial charge < -0.3 is 0 Å². The van der Waals surface area contributed by atoms with Gasteiger partial charge in [0.05, 0.1) is 12.1 Å². The lowest BCUT2D eigenvalue weighted by Crippen LogP contribution is -2.36. The van der Waals surface area contributed by atoms with E-state index in [0.29, 0.717) is 6.54 Å². The van der Waals surface area contributed by atoms with Gasteiger partial charge in [-0.15, -0.1) is 0 Å². The molecule has 0 aliphatic rings. The number of nitrogens with zero attached hydrogens (tertiary/aromatic N) is 1. The Labute approximate surface area is 100 Å². The van der Waals surface area contributed by atoms with E-state index in [1.807, 2.05) is 25.7 Å². The average molecular weight is 241 g/mol. The standard InChI is InChI=1S/C13H17F2NO/c1-4-16(9(2)3)8-12(17)13-10(14)6-5-7-11(13)15/h5-7,9H,4,8H2,1-3H3. The summed E-state index contributed by atoms with van der Waals surface area (Å²) in [5.74, 6) is -2.11. The second kappa shape index (κ2) is 5.87. The first-order valence-corrected chi connectivity index (χ1v) is 5.68. The van der Waals surface area contributed by atoms with Crippen molar-refractivity contribution in [2.45, 2.75) is 26.8 Å². The van der Waals surface area contributed by atoms with Crippen LogP contribution in [0.2, 0.25) is 0 Å². The van der Waals surface area contributed by atoms with Gasteiger partial charge in [0.15, 0.2) is 5.78 Å². The monoisotopic (exact) mass is 241 g/mol. The van der Waals surface area contributed by atoms with E-state index in [9.17, 15) is 13.6 Å². The summed E-state index contributed by atoms with van der Waals surface area (Å²) in [5.41, 5.74) is -0.438. The number of carbonyl (C=O) groups is 1. The number of likely N-dealkylation sites (N-methyl/N-ethyl adjacent to an activating group) is 1. The van der Waals surface area contributed by atoms with E-state index in [1.54, 1.807) is 0 Å². The van der Waals surface area contributed by atoms with Crippen LogP contribution in [0.4, 0.5) is 8.78 Å². The van der Waals surface area contributed by atoms with E-state index < -0.39 is 23.0 Å². The van der Waals surface area contributed by atoms with E-state index in [2.05, 4.69) is 0 Å². The molecular formula is C13H17F2NO. The first-order valence-electron chi connectivity index (χ1n) is 5.68. The van der Waals surface area contributed by atoms with Crippen molar-refractivity contribution in [3.05, 3.63) is 35.4 Å². The molecule has 0 amide bonds. The third-order valence-electron chi connectivity index (χ3n) is 2.72. The molecular weight excluding hydrogens is 224 g/mol. The Hall–Kier alpha value is -1.29. The number of hydrogen-bond acceptors (Lipinski definition) is 2. The Bertz CT molecular complexity index is 384. The maximum absolute atomic E-state index is 13.4. The van der Waals surface area contributed by atoms with Crippen LogP contribution < -0.4 is 0 Å². The van der Waals surface area contributed by atoms with Gasteiger partial charge in [0.1, 0.15) is 11.6 Å². The SMILES string of the molecule is CCN(CC(=O)c1c(F)cccc1F)C(C)C. The van der Waals surface area contributed by atoms with Gasteiger partial charge in [0.2, 0.25) is 0 Å². The van der Waals surface area contributed by atoms with Crippen molar-refractivity contribution >= 4 is 5.78 Å². The maximum atomic E-state index is 13.4. The molecule has 0 fully saturated rings. The molecule has 0 atom stereocenters. The Morgan fingerprint density at radius 1 is 1.29 bits per heavy atom. The van der Waals surface area contributed by atoms with Crippen LogP contribution in [0, 0.1) is 11.6 Å². The Kier molecular flexibility index (Phi) is 4.75. The summed E-state index contributed by atoms with van der Waals surface area (Å²) in [6.45, 7) is 6.49. The molecule has 0 saturated heterocycles. The highest BCUT2D eigenvalue weighted by Crippen LogP contribution is 2.13. The predicted molar refractivity (Wildman–Crippen MR) is 63.1 cm³/mol. The molecule has 0 bridgehead atoms. The highest BCUT2D eigenvalue weighted by Gasteiger charge is 2.20. The molecule has 0 heterocycles. The topological polar surface area (TPSA) is 20.3 Å². The minimum atomic E-state index is -0.796. The highest BCUT2D eigenvalue weighted by molar-refractivity contribution is 5.98. The number of carbonyl (C=O) groups excluding carboxylic acids is 1. The second-order valence-corrected chi connectivity index (χ2v) is 4.18. The summed E-state index contributed by atoms with van der Waals surface area (Å²) < 4.78 is 26.8. The van der Waals surface area contributed by atoms with Crippen LogP contribution in [0.15, 0.2) is 18.2 Å². The van der Waals surface area contributed by atoms with E-state index in [0.717, 1.165) is 12.1 Å². The highest BCUT2D eigenvalue weighted by atomic mass is 19.1. The zero-order valence-electron chi connectivity index (χ0n) is 10.3. The van der Waals surface area contributed by atoms with Crippen molar-refractivity contribution in [1.29, 1.82) is 0 Å². The average Bonchev–Trinajstić information content (AvgIpc) is 2.25. The number of hydrogen-bond donors (Lipinski definition) is 0. The van der Waals surface area contributed by atoms with Gasteiger partial charge in [-0.1, -0.05) is 13.0 Å². The fourth-order valence-corrected chi connectivity index (χ4v) is 1.69. The molecule has 94 valence electrons. The molecule has 0 spiro atoms. The molecule has 0 aliphatic heterocycles. The molecule has 0 aromatic heterocycles. The first-order chi connectivity index (χ1) is 7.97. The van der Waals surface area contributed by atoms with E-state index >= 15 is 0 Å². The molecule has 0 unspecified atom stereocenters. The van der Waals surface area contributed by atoms with Crippen molar-refractivity contribution in [2.24, 2.45) is 0 Å². The van der Waals surface area contributed by atoms with Crippen LogP contribution >= 0.6 is 0 Å². The summed E-state index contributed by atoms with van der Waals surface area (Å²) in [4.78, 5) is 13.7. The summed E-state index contributed by atoms with van der Waals surface area (Å²) in [7, 11) is 0. The number of benzene rings is 1.